The third-order valence-electron chi connectivity index (χ3n) is 2.49. The van der Waals surface area contributed by atoms with Crippen LogP contribution in [0.3, 0.4) is 0 Å². The predicted molar refractivity (Wildman–Crippen MR) is 55.0 cm³/mol. The molecule has 1 aliphatic heterocycles. The average molecular weight is 200 g/mol. The van der Waals surface area contributed by atoms with Gasteiger partial charge in [0.2, 0.25) is 5.91 Å². The fourth-order valence-electron chi connectivity index (χ4n) is 1.96. The van der Waals surface area contributed by atoms with Crippen molar-refractivity contribution >= 4 is 5.91 Å². The van der Waals surface area contributed by atoms with Crippen molar-refractivity contribution in [2.24, 2.45) is 0 Å². The second-order valence-electron chi connectivity index (χ2n) is 4.54. The number of carbonyl (C=O) groups is 1. The van der Waals surface area contributed by atoms with Crippen LogP contribution in [0.15, 0.2) is 0 Å². The third kappa shape index (κ3) is 2.45. The van der Waals surface area contributed by atoms with Gasteiger partial charge in [-0.3, -0.25) is 9.69 Å². The van der Waals surface area contributed by atoms with Gasteiger partial charge in [-0.25, -0.2) is 0 Å². The molecule has 1 rings (SSSR count). The highest BCUT2D eigenvalue weighted by Crippen LogP contribution is 2.15. The molecule has 1 unspecified atom stereocenters. The van der Waals surface area contributed by atoms with Crippen molar-refractivity contribution in [1.29, 1.82) is 0 Å². The van der Waals surface area contributed by atoms with Gasteiger partial charge >= 0.3 is 0 Å². The number of rotatable bonds is 3. The standard InChI is InChI=1S/C10H20N2O2/c1-4-5-12-7-10(2,3)11-9(14)8(12)6-13/h8,13H,4-7H2,1-3H3,(H,11,14). The predicted octanol–water partition coefficient (Wildman–Crippen LogP) is -0.0323. The van der Waals surface area contributed by atoms with Crippen LogP contribution < -0.4 is 5.32 Å². The molecule has 0 bridgehead atoms. The van der Waals surface area contributed by atoms with Gasteiger partial charge in [-0.1, -0.05) is 6.92 Å². The summed E-state index contributed by atoms with van der Waals surface area (Å²) < 4.78 is 0. The number of amides is 1. The molecule has 1 aliphatic rings. The van der Waals surface area contributed by atoms with E-state index in [1.807, 2.05) is 13.8 Å². The number of aliphatic hydroxyl groups excluding tert-OH is 1. The molecule has 1 atom stereocenters. The van der Waals surface area contributed by atoms with Gasteiger partial charge in [0.1, 0.15) is 6.04 Å². The maximum absolute atomic E-state index is 11.6. The molecule has 0 radical (unpaired) electrons. The van der Waals surface area contributed by atoms with Gasteiger partial charge in [0, 0.05) is 12.1 Å². The minimum absolute atomic E-state index is 0.0581. The highest BCUT2D eigenvalue weighted by atomic mass is 16.3. The highest BCUT2D eigenvalue weighted by molar-refractivity contribution is 5.83. The van der Waals surface area contributed by atoms with E-state index < -0.39 is 0 Å². The maximum Gasteiger partial charge on any atom is 0.240 e. The summed E-state index contributed by atoms with van der Waals surface area (Å²) >= 11 is 0. The lowest BCUT2D eigenvalue weighted by molar-refractivity contribution is -0.134. The number of aliphatic hydroxyl groups is 1. The zero-order valence-electron chi connectivity index (χ0n) is 9.21. The molecule has 0 aromatic heterocycles. The summed E-state index contributed by atoms with van der Waals surface area (Å²) in [5.74, 6) is -0.0581. The molecule has 1 heterocycles. The smallest absolute Gasteiger partial charge is 0.240 e. The summed E-state index contributed by atoms with van der Waals surface area (Å²) in [6.07, 6.45) is 1.000. The van der Waals surface area contributed by atoms with Gasteiger partial charge in [-0.2, -0.15) is 0 Å². The average Bonchev–Trinajstić information content (AvgIpc) is 2.02. The molecule has 14 heavy (non-hydrogen) atoms. The number of nitrogens with one attached hydrogen (secondary N) is 1. The van der Waals surface area contributed by atoms with Gasteiger partial charge in [0.05, 0.1) is 6.61 Å². The largest absolute Gasteiger partial charge is 0.394 e. The number of carbonyl (C=O) groups excluding carboxylic acids is 1. The number of nitrogens with zero attached hydrogens (tertiary/aromatic N) is 1. The molecule has 1 amide bonds. The number of hydrogen-bond acceptors (Lipinski definition) is 3. The van der Waals surface area contributed by atoms with Crippen molar-refractivity contribution in [2.45, 2.75) is 38.8 Å². The Balaban J connectivity index is 2.72. The van der Waals surface area contributed by atoms with Crippen LogP contribution in [0.2, 0.25) is 0 Å². The summed E-state index contributed by atoms with van der Waals surface area (Å²) in [4.78, 5) is 13.7. The molecule has 0 aliphatic carbocycles. The van der Waals surface area contributed by atoms with E-state index in [2.05, 4.69) is 17.1 Å². The maximum atomic E-state index is 11.6. The van der Waals surface area contributed by atoms with Crippen LogP contribution in [-0.2, 0) is 4.79 Å². The Hall–Kier alpha value is -0.610. The van der Waals surface area contributed by atoms with E-state index in [0.29, 0.717) is 0 Å². The minimum Gasteiger partial charge on any atom is -0.394 e. The van der Waals surface area contributed by atoms with Gasteiger partial charge in [-0.15, -0.1) is 0 Å². The van der Waals surface area contributed by atoms with E-state index in [4.69, 9.17) is 5.11 Å². The molecule has 0 saturated carbocycles. The van der Waals surface area contributed by atoms with Crippen LogP contribution >= 0.6 is 0 Å². The Morgan fingerprint density at radius 1 is 1.64 bits per heavy atom. The quantitative estimate of drug-likeness (QED) is 0.672. The third-order valence-corrected chi connectivity index (χ3v) is 2.49. The Bertz CT molecular complexity index is 216. The first-order valence-corrected chi connectivity index (χ1v) is 5.17. The lowest BCUT2D eigenvalue weighted by Gasteiger charge is -2.42. The second kappa shape index (κ2) is 4.28. The molecular formula is C10H20N2O2. The van der Waals surface area contributed by atoms with Crippen molar-refractivity contribution < 1.29 is 9.90 Å². The zero-order chi connectivity index (χ0) is 10.8. The van der Waals surface area contributed by atoms with E-state index in [0.717, 1.165) is 19.5 Å². The summed E-state index contributed by atoms with van der Waals surface area (Å²) in [6, 6.07) is -0.358. The zero-order valence-corrected chi connectivity index (χ0v) is 9.21. The van der Waals surface area contributed by atoms with Gasteiger partial charge in [0.15, 0.2) is 0 Å². The van der Waals surface area contributed by atoms with Crippen molar-refractivity contribution in [2.75, 3.05) is 19.7 Å². The molecule has 1 saturated heterocycles. The fraction of sp³-hybridized carbons (Fsp3) is 0.900. The number of piperazine rings is 1. The molecule has 4 nitrogen and oxygen atoms in total. The first-order valence-electron chi connectivity index (χ1n) is 5.17. The van der Waals surface area contributed by atoms with E-state index in [-0.39, 0.29) is 24.1 Å². The summed E-state index contributed by atoms with van der Waals surface area (Å²) in [5.41, 5.74) is -0.183. The van der Waals surface area contributed by atoms with E-state index >= 15 is 0 Å². The first kappa shape index (κ1) is 11.5. The van der Waals surface area contributed by atoms with E-state index in [9.17, 15) is 4.79 Å². The van der Waals surface area contributed by atoms with Crippen LogP contribution in [0, 0.1) is 0 Å². The summed E-state index contributed by atoms with van der Waals surface area (Å²) in [5, 5.41) is 12.0. The van der Waals surface area contributed by atoms with Crippen molar-refractivity contribution in [3.05, 3.63) is 0 Å². The van der Waals surface area contributed by atoms with Crippen LogP contribution in [0.5, 0.6) is 0 Å². The Labute approximate surface area is 85.3 Å². The second-order valence-corrected chi connectivity index (χ2v) is 4.54. The van der Waals surface area contributed by atoms with Crippen molar-refractivity contribution in [3.63, 3.8) is 0 Å². The minimum atomic E-state index is -0.358. The van der Waals surface area contributed by atoms with Crippen LogP contribution in [0.4, 0.5) is 0 Å². The molecule has 2 N–H and O–H groups in total. The van der Waals surface area contributed by atoms with Crippen molar-refractivity contribution in [1.82, 2.24) is 10.2 Å². The van der Waals surface area contributed by atoms with E-state index in [1.165, 1.54) is 0 Å². The SMILES string of the molecule is CCCN1CC(C)(C)NC(=O)C1CO. The van der Waals surface area contributed by atoms with Crippen molar-refractivity contribution in [3.8, 4) is 0 Å². The molecule has 4 heteroatoms. The Kier molecular flexibility index (Phi) is 3.50. The van der Waals surface area contributed by atoms with Crippen LogP contribution in [0.25, 0.3) is 0 Å². The van der Waals surface area contributed by atoms with E-state index in [1.54, 1.807) is 0 Å². The van der Waals surface area contributed by atoms with Crippen LogP contribution in [0.1, 0.15) is 27.2 Å². The molecule has 0 spiro atoms. The summed E-state index contributed by atoms with van der Waals surface area (Å²) in [7, 11) is 0. The van der Waals surface area contributed by atoms with Gasteiger partial charge in [-0.05, 0) is 26.8 Å². The first-order chi connectivity index (χ1) is 6.50. The molecule has 1 fully saturated rings. The molecular weight excluding hydrogens is 180 g/mol. The monoisotopic (exact) mass is 200 g/mol. The molecule has 82 valence electrons. The van der Waals surface area contributed by atoms with Crippen LogP contribution in [-0.4, -0.2) is 47.2 Å². The topological polar surface area (TPSA) is 52.6 Å². The molecule has 0 aromatic rings. The Morgan fingerprint density at radius 2 is 2.29 bits per heavy atom. The van der Waals surface area contributed by atoms with Gasteiger partial charge in [0.25, 0.3) is 0 Å². The normalized spacial score (nSPS) is 27.4. The lowest BCUT2D eigenvalue weighted by Crippen LogP contribution is -2.65. The summed E-state index contributed by atoms with van der Waals surface area (Å²) in [6.45, 7) is 7.65. The highest BCUT2D eigenvalue weighted by Gasteiger charge is 2.37. The fourth-order valence-corrected chi connectivity index (χ4v) is 1.96. The molecule has 0 aromatic carbocycles. The lowest BCUT2D eigenvalue weighted by atomic mass is 9.98. The number of hydrogen-bond donors (Lipinski definition) is 2. The Morgan fingerprint density at radius 3 is 2.79 bits per heavy atom. The van der Waals surface area contributed by atoms with Gasteiger partial charge < -0.3 is 10.4 Å².